The van der Waals surface area contributed by atoms with Gasteiger partial charge >= 0.3 is 11.9 Å². The fourth-order valence-corrected chi connectivity index (χ4v) is 1.58. The summed E-state index contributed by atoms with van der Waals surface area (Å²) in [5, 5.41) is 8.44. The predicted octanol–water partition coefficient (Wildman–Crippen LogP) is 2.61. The van der Waals surface area contributed by atoms with E-state index in [4.69, 9.17) is 9.84 Å². The summed E-state index contributed by atoms with van der Waals surface area (Å²) in [4.78, 5) is 21.6. The highest BCUT2D eigenvalue weighted by molar-refractivity contribution is 5.75. The van der Waals surface area contributed by atoms with Crippen molar-refractivity contribution >= 4 is 11.9 Å². The first-order valence-electron chi connectivity index (χ1n) is 5.70. The van der Waals surface area contributed by atoms with Crippen LogP contribution in [-0.2, 0) is 14.3 Å². The van der Waals surface area contributed by atoms with Gasteiger partial charge in [-0.25, -0.2) is 0 Å². The van der Waals surface area contributed by atoms with Gasteiger partial charge in [0.05, 0.1) is 12.5 Å². The first-order chi connectivity index (χ1) is 7.40. The smallest absolute Gasteiger partial charge is 0.311 e. The molecule has 16 heavy (non-hydrogen) atoms. The van der Waals surface area contributed by atoms with Gasteiger partial charge in [0.25, 0.3) is 0 Å². The van der Waals surface area contributed by atoms with Crippen molar-refractivity contribution in [2.45, 2.75) is 52.4 Å². The fourth-order valence-electron chi connectivity index (χ4n) is 1.58. The van der Waals surface area contributed by atoms with Crippen molar-refractivity contribution in [1.82, 2.24) is 0 Å². The second-order valence-electron chi connectivity index (χ2n) is 4.68. The first kappa shape index (κ1) is 14.9. The molecule has 0 spiro atoms. The van der Waals surface area contributed by atoms with Crippen LogP contribution >= 0.6 is 0 Å². The molecule has 4 heteroatoms. The summed E-state index contributed by atoms with van der Waals surface area (Å²) in [7, 11) is 1.40. The first-order valence-corrected chi connectivity index (χ1v) is 5.70. The van der Waals surface area contributed by atoms with Crippen molar-refractivity contribution in [2.24, 2.45) is 5.41 Å². The number of carbonyl (C=O) groups is 2. The van der Waals surface area contributed by atoms with Gasteiger partial charge in [-0.15, -0.1) is 0 Å². The highest BCUT2D eigenvalue weighted by Gasteiger charge is 2.27. The average molecular weight is 230 g/mol. The minimum atomic E-state index is -0.741. The molecular weight excluding hydrogens is 208 g/mol. The molecule has 0 aliphatic heterocycles. The molecule has 0 aromatic carbocycles. The topological polar surface area (TPSA) is 63.6 Å². The van der Waals surface area contributed by atoms with Crippen molar-refractivity contribution in [2.75, 3.05) is 7.11 Å². The molecule has 0 unspecified atom stereocenters. The van der Waals surface area contributed by atoms with Gasteiger partial charge in [0, 0.05) is 6.42 Å². The Bertz CT molecular complexity index is 233. The monoisotopic (exact) mass is 230 g/mol. The molecule has 0 atom stereocenters. The van der Waals surface area contributed by atoms with E-state index in [1.54, 1.807) is 0 Å². The SMILES string of the molecule is COC(=O)C(C)(C)CCCCCCC(=O)O. The molecule has 0 bridgehead atoms. The summed E-state index contributed by atoms with van der Waals surface area (Å²) >= 11 is 0. The molecule has 0 amide bonds. The number of methoxy groups -OCH3 is 1. The molecule has 0 fully saturated rings. The zero-order chi connectivity index (χ0) is 12.6. The van der Waals surface area contributed by atoms with Crippen LogP contribution in [0.5, 0.6) is 0 Å². The Labute approximate surface area is 97.0 Å². The molecule has 0 aromatic rings. The summed E-state index contributed by atoms with van der Waals surface area (Å²) < 4.78 is 4.71. The van der Waals surface area contributed by atoms with E-state index in [0.717, 1.165) is 25.7 Å². The summed E-state index contributed by atoms with van der Waals surface area (Å²) in [5.74, 6) is -0.923. The summed E-state index contributed by atoms with van der Waals surface area (Å²) in [6.07, 6.45) is 4.54. The predicted molar refractivity (Wildman–Crippen MR) is 61.1 cm³/mol. The minimum absolute atomic E-state index is 0.182. The Morgan fingerprint density at radius 2 is 1.69 bits per heavy atom. The molecule has 94 valence electrons. The number of carboxylic acids is 1. The molecule has 4 nitrogen and oxygen atoms in total. The van der Waals surface area contributed by atoms with E-state index in [-0.39, 0.29) is 12.4 Å². The van der Waals surface area contributed by atoms with Crippen LogP contribution in [0, 0.1) is 5.41 Å². The number of carbonyl (C=O) groups excluding carboxylic acids is 1. The van der Waals surface area contributed by atoms with Gasteiger partial charge in [0.2, 0.25) is 0 Å². The van der Waals surface area contributed by atoms with Gasteiger partial charge in [0.15, 0.2) is 0 Å². The third-order valence-electron chi connectivity index (χ3n) is 2.68. The lowest BCUT2D eigenvalue weighted by Gasteiger charge is -2.20. The Hall–Kier alpha value is -1.06. The van der Waals surface area contributed by atoms with Crippen LogP contribution in [-0.4, -0.2) is 24.2 Å². The standard InChI is InChI=1S/C12H22O4/c1-12(2,11(15)16-3)9-7-5-4-6-8-10(13)14/h4-9H2,1-3H3,(H,13,14). The molecular formula is C12H22O4. The molecule has 0 saturated heterocycles. The summed E-state index contributed by atoms with van der Waals surface area (Å²) in [6, 6.07) is 0. The van der Waals surface area contributed by atoms with Gasteiger partial charge in [0.1, 0.15) is 0 Å². The van der Waals surface area contributed by atoms with E-state index in [9.17, 15) is 9.59 Å². The van der Waals surface area contributed by atoms with Crippen LogP contribution in [0.15, 0.2) is 0 Å². The third kappa shape index (κ3) is 6.43. The Balaban J connectivity index is 3.58. The van der Waals surface area contributed by atoms with Crippen LogP contribution < -0.4 is 0 Å². The van der Waals surface area contributed by atoms with Gasteiger partial charge in [-0.05, 0) is 26.7 Å². The maximum absolute atomic E-state index is 11.3. The van der Waals surface area contributed by atoms with Gasteiger partial charge in [-0.3, -0.25) is 9.59 Å². The van der Waals surface area contributed by atoms with Crippen LogP contribution in [0.4, 0.5) is 0 Å². The molecule has 1 N–H and O–H groups in total. The van der Waals surface area contributed by atoms with E-state index >= 15 is 0 Å². The van der Waals surface area contributed by atoms with Crippen LogP contribution in [0.3, 0.4) is 0 Å². The van der Waals surface area contributed by atoms with Crippen molar-refractivity contribution in [3.05, 3.63) is 0 Å². The normalized spacial score (nSPS) is 11.2. The van der Waals surface area contributed by atoms with E-state index in [1.807, 2.05) is 13.8 Å². The number of carboxylic acid groups (broad SMARTS) is 1. The lowest BCUT2D eigenvalue weighted by molar-refractivity contribution is -0.151. The highest BCUT2D eigenvalue weighted by atomic mass is 16.5. The van der Waals surface area contributed by atoms with Crippen molar-refractivity contribution in [3.8, 4) is 0 Å². The third-order valence-corrected chi connectivity index (χ3v) is 2.68. The Kier molecular flexibility index (Phi) is 6.77. The molecule has 0 saturated carbocycles. The van der Waals surface area contributed by atoms with Crippen molar-refractivity contribution in [1.29, 1.82) is 0 Å². The zero-order valence-electron chi connectivity index (χ0n) is 10.4. The van der Waals surface area contributed by atoms with Crippen molar-refractivity contribution in [3.63, 3.8) is 0 Å². The summed E-state index contributed by atoms with van der Waals surface area (Å²) in [5.41, 5.74) is -0.429. The number of esters is 1. The lowest BCUT2D eigenvalue weighted by atomic mass is 9.87. The van der Waals surface area contributed by atoms with Crippen LogP contribution in [0.25, 0.3) is 0 Å². The van der Waals surface area contributed by atoms with Gasteiger partial charge in [-0.2, -0.15) is 0 Å². The van der Waals surface area contributed by atoms with E-state index in [1.165, 1.54) is 7.11 Å². The Morgan fingerprint density at radius 1 is 1.12 bits per heavy atom. The summed E-state index contributed by atoms with van der Waals surface area (Å²) in [6.45, 7) is 3.74. The van der Waals surface area contributed by atoms with E-state index < -0.39 is 11.4 Å². The number of rotatable bonds is 8. The molecule has 0 heterocycles. The molecule has 0 rings (SSSR count). The van der Waals surface area contributed by atoms with Gasteiger partial charge < -0.3 is 9.84 Å². The fraction of sp³-hybridized carbons (Fsp3) is 0.833. The second kappa shape index (κ2) is 7.25. The Morgan fingerprint density at radius 3 is 2.19 bits per heavy atom. The number of hydrogen-bond acceptors (Lipinski definition) is 3. The second-order valence-corrected chi connectivity index (χ2v) is 4.68. The highest BCUT2D eigenvalue weighted by Crippen LogP contribution is 2.25. The van der Waals surface area contributed by atoms with Crippen LogP contribution in [0.2, 0.25) is 0 Å². The number of hydrogen-bond donors (Lipinski definition) is 1. The maximum atomic E-state index is 11.3. The van der Waals surface area contributed by atoms with E-state index in [2.05, 4.69) is 0 Å². The van der Waals surface area contributed by atoms with Crippen molar-refractivity contribution < 1.29 is 19.4 Å². The average Bonchev–Trinajstić information content (AvgIpc) is 2.21. The zero-order valence-corrected chi connectivity index (χ0v) is 10.4. The number of unbranched alkanes of at least 4 members (excludes halogenated alkanes) is 3. The number of aliphatic carboxylic acids is 1. The van der Waals surface area contributed by atoms with Crippen LogP contribution in [0.1, 0.15) is 52.4 Å². The quantitative estimate of drug-likeness (QED) is 0.514. The molecule has 0 aliphatic rings. The lowest BCUT2D eigenvalue weighted by Crippen LogP contribution is -2.25. The largest absolute Gasteiger partial charge is 0.481 e. The minimum Gasteiger partial charge on any atom is -0.481 e. The molecule has 0 aromatic heterocycles. The van der Waals surface area contributed by atoms with Gasteiger partial charge in [-0.1, -0.05) is 19.3 Å². The molecule has 0 aliphatic carbocycles. The maximum Gasteiger partial charge on any atom is 0.311 e. The molecule has 0 radical (unpaired) electrons. The van der Waals surface area contributed by atoms with E-state index in [0.29, 0.717) is 6.42 Å². The number of ether oxygens (including phenoxy) is 1.